The Balaban J connectivity index is 2.11. The highest BCUT2D eigenvalue weighted by Gasteiger charge is 2.22. The number of hydrogen-bond acceptors (Lipinski definition) is 2. The van der Waals surface area contributed by atoms with E-state index in [-0.39, 0.29) is 6.04 Å². The Kier molecular flexibility index (Phi) is 4.38. The first-order valence-corrected chi connectivity index (χ1v) is 6.74. The van der Waals surface area contributed by atoms with Gasteiger partial charge < -0.3 is 10.4 Å². The van der Waals surface area contributed by atoms with Gasteiger partial charge in [-0.25, -0.2) is 0 Å². The lowest BCUT2D eigenvalue weighted by atomic mass is 9.99. The summed E-state index contributed by atoms with van der Waals surface area (Å²) >= 11 is 3.50. The van der Waals surface area contributed by atoms with E-state index in [1.165, 1.54) is 19.3 Å². The molecule has 1 saturated heterocycles. The molecule has 1 aliphatic rings. The molecule has 1 aromatic rings. The number of aliphatic hydroxyl groups is 1. The van der Waals surface area contributed by atoms with Crippen LogP contribution in [0.1, 0.15) is 37.4 Å². The molecule has 1 aliphatic heterocycles. The number of nitrogens with one attached hydrogen (secondary N) is 1. The van der Waals surface area contributed by atoms with E-state index in [0.29, 0.717) is 0 Å². The molecule has 88 valence electrons. The van der Waals surface area contributed by atoms with Gasteiger partial charge in [0.2, 0.25) is 0 Å². The zero-order valence-corrected chi connectivity index (χ0v) is 10.9. The van der Waals surface area contributed by atoms with Crippen molar-refractivity contribution >= 4 is 15.9 Å². The van der Waals surface area contributed by atoms with Crippen LogP contribution >= 0.6 is 15.9 Å². The molecule has 1 heterocycles. The second kappa shape index (κ2) is 5.80. The van der Waals surface area contributed by atoms with Gasteiger partial charge in [0.05, 0.1) is 6.10 Å². The topological polar surface area (TPSA) is 32.3 Å². The zero-order valence-electron chi connectivity index (χ0n) is 9.32. The largest absolute Gasteiger partial charge is 0.387 e. The smallest absolute Gasteiger partial charge is 0.0953 e. The first-order chi connectivity index (χ1) is 7.79. The third kappa shape index (κ3) is 2.84. The van der Waals surface area contributed by atoms with Gasteiger partial charge >= 0.3 is 0 Å². The van der Waals surface area contributed by atoms with E-state index in [4.69, 9.17) is 0 Å². The fourth-order valence-electron chi connectivity index (χ4n) is 2.26. The molecule has 0 spiro atoms. The van der Waals surface area contributed by atoms with E-state index in [9.17, 15) is 5.11 Å². The number of benzene rings is 1. The molecule has 0 bridgehead atoms. The molecule has 0 saturated carbocycles. The van der Waals surface area contributed by atoms with E-state index in [2.05, 4.69) is 21.2 Å². The molecule has 1 aromatic carbocycles. The van der Waals surface area contributed by atoms with E-state index >= 15 is 0 Å². The van der Waals surface area contributed by atoms with Crippen molar-refractivity contribution in [1.29, 1.82) is 0 Å². The first kappa shape index (κ1) is 12.1. The Hall–Kier alpha value is -0.380. The number of halogens is 1. The fourth-order valence-corrected chi connectivity index (χ4v) is 2.78. The van der Waals surface area contributed by atoms with Gasteiger partial charge in [-0.15, -0.1) is 0 Å². The zero-order chi connectivity index (χ0) is 11.4. The van der Waals surface area contributed by atoms with Crippen LogP contribution in [0.25, 0.3) is 0 Å². The summed E-state index contributed by atoms with van der Waals surface area (Å²) in [7, 11) is 0. The summed E-state index contributed by atoms with van der Waals surface area (Å²) in [6.45, 7) is 1.02. The van der Waals surface area contributed by atoms with Crippen LogP contribution in [0.15, 0.2) is 28.7 Å². The number of rotatable bonds is 2. The van der Waals surface area contributed by atoms with Gasteiger partial charge in [0.1, 0.15) is 0 Å². The Morgan fingerprint density at radius 3 is 2.88 bits per heavy atom. The van der Waals surface area contributed by atoms with Crippen LogP contribution < -0.4 is 5.32 Å². The summed E-state index contributed by atoms with van der Waals surface area (Å²) in [4.78, 5) is 0. The minimum absolute atomic E-state index is 0.196. The van der Waals surface area contributed by atoms with E-state index in [0.717, 1.165) is 23.0 Å². The third-order valence-corrected chi connectivity index (χ3v) is 3.93. The van der Waals surface area contributed by atoms with Gasteiger partial charge in [-0.3, -0.25) is 0 Å². The molecule has 0 radical (unpaired) electrons. The minimum atomic E-state index is -0.409. The van der Waals surface area contributed by atoms with Gasteiger partial charge in [-0.2, -0.15) is 0 Å². The summed E-state index contributed by atoms with van der Waals surface area (Å²) in [6.07, 6.45) is 4.35. The second-order valence-electron chi connectivity index (χ2n) is 4.38. The standard InChI is InChI=1S/C13H18BrNO/c14-11-7-4-3-6-10(11)13(16)12-8-2-1-5-9-15-12/h3-4,6-7,12-13,15-16H,1-2,5,8-9H2. The molecule has 2 nitrogen and oxygen atoms in total. The van der Waals surface area contributed by atoms with Crippen LogP contribution in [0.5, 0.6) is 0 Å². The van der Waals surface area contributed by atoms with Crippen molar-refractivity contribution in [2.24, 2.45) is 0 Å². The van der Waals surface area contributed by atoms with Crippen molar-refractivity contribution in [2.75, 3.05) is 6.54 Å². The Morgan fingerprint density at radius 2 is 2.06 bits per heavy atom. The van der Waals surface area contributed by atoms with Gasteiger partial charge in [0.15, 0.2) is 0 Å². The van der Waals surface area contributed by atoms with E-state index in [1.807, 2.05) is 24.3 Å². The number of hydrogen-bond donors (Lipinski definition) is 2. The highest BCUT2D eigenvalue weighted by molar-refractivity contribution is 9.10. The maximum Gasteiger partial charge on any atom is 0.0953 e. The summed E-state index contributed by atoms with van der Waals surface area (Å²) in [5.74, 6) is 0. The molecule has 2 atom stereocenters. The molecule has 0 aromatic heterocycles. The van der Waals surface area contributed by atoms with Crippen LogP contribution in [0, 0.1) is 0 Å². The summed E-state index contributed by atoms with van der Waals surface area (Å²) < 4.78 is 0.994. The normalized spacial score (nSPS) is 23.8. The molecule has 3 heteroatoms. The lowest BCUT2D eigenvalue weighted by molar-refractivity contribution is 0.125. The molecule has 0 aliphatic carbocycles. The highest BCUT2D eigenvalue weighted by atomic mass is 79.9. The quantitative estimate of drug-likeness (QED) is 0.875. The number of aliphatic hydroxyl groups excluding tert-OH is 1. The summed E-state index contributed by atoms with van der Waals surface area (Å²) in [6, 6.07) is 8.11. The molecule has 2 N–H and O–H groups in total. The second-order valence-corrected chi connectivity index (χ2v) is 5.23. The Bertz CT molecular complexity index is 334. The van der Waals surface area contributed by atoms with Gasteiger partial charge in [0, 0.05) is 10.5 Å². The first-order valence-electron chi connectivity index (χ1n) is 5.95. The van der Waals surface area contributed by atoms with Gasteiger partial charge in [-0.1, -0.05) is 47.0 Å². The SMILES string of the molecule is OC(c1ccccc1Br)C1CCCCCN1. The third-order valence-electron chi connectivity index (χ3n) is 3.20. The highest BCUT2D eigenvalue weighted by Crippen LogP contribution is 2.28. The molecular weight excluding hydrogens is 266 g/mol. The predicted molar refractivity (Wildman–Crippen MR) is 69.4 cm³/mol. The summed E-state index contributed by atoms with van der Waals surface area (Å²) in [5, 5.41) is 13.8. The van der Waals surface area contributed by atoms with Crippen LogP contribution in [-0.2, 0) is 0 Å². The van der Waals surface area contributed by atoms with Crippen molar-refractivity contribution in [2.45, 2.75) is 37.8 Å². The van der Waals surface area contributed by atoms with Crippen LogP contribution in [0.3, 0.4) is 0 Å². The van der Waals surface area contributed by atoms with Crippen molar-refractivity contribution in [3.8, 4) is 0 Å². The summed E-state index contributed by atoms with van der Waals surface area (Å²) in [5.41, 5.74) is 0.988. The van der Waals surface area contributed by atoms with Crippen LogP contribution in [0.2, 0.25) is 0 Å². The Labute approximate surface area is 105 Å². The minimum Gasteiger partial charge on any atom is -0.387 e. The lowest BCUT2D eigenvalue weighted by Crippen LogP contribution is -2.34. The van der Waals surface area contributed by atoms with Crippen LogP contribution in [-0.4, -0.2) is 17.7 Å². The molecule has 0 amide bonds. The molecule has 16 heavy (non-hydrogen) atoms. The molecule has 1 fully saturated rings. The van der Waals surface area contributed by atoms with Gasteiger partial charge in [-0.05, 0) is 31.0 Å². The average molecular weight is 284 g/mol. The monoisotopic (exact) mass is 283 g/mol. The van der Waals surface area contributed by atoms with Crippen molar-refractivity contribution in [3.63, 3.8) is 0 Å². The lowest BCUT2D eigenvalue weighted by Gasteiger charge is -2.23. The molecular formula is C13H18BrNO. The van der Waals surface area contributed by atoms with Crippen molar-refractivity contribution in [1.82, 2.24) is 5.32 Å². The van der Waals surface area contributed by atoms with Crippen LogP contribution in [0.4, 0.5) is 0 Å². The molecule has 2 unspecified atom stereocenters. The Morgan fingerprint density at radius 1 is 1.25 bits per heavy atom. The maximum atomic E-state index is 10.4. The van der Waals surface area contributed by atoms with E-state index in [1.54, 1.807) is 0 Å². The fraction of sp³-hybridized carbons (Fsp3) is 0.538. The van der Waals surface area contributed by atoms with Crippen molar-refractivity contribution in [3.05, 3.63) is 34.3 Å². The average Bonchev–Trinajstić information content (AvgIpc) is 2.57. The van der Waals surface area contributed by atoms with E-state index < -0.39 is 6.10 Å². The van der Waals surface area contributed by atoms with Gasteiger partial charge in [0.25, 0.3) is 0 Å². The maximum absolute atomic E-state index is 10.4. The van der Waals surface area contributed by atoms with Crippen molar-refractivity contribution < 1.29 is 5.11 Å². The predicted octanol–water partition coefficient (Wildman–Crippen LogP) is 3.01. The molecule has 2 rings (SSSR count).